The SMILES string of the molecule is COc1cc(C[NH2+]Cc2cccs2)cc(Br)c1OC. The Kier molecular flexibility index (Phi) is 5.24. The Balaban J connectivity index is 2.02. The van der Waals surface area contributed by atoms with Crippen molar-refractivity contribution in [3.8, 4) is 11.5 Å². The summed E-state index contributed by atoms with van der Waals surface area (Å²) >= 11 is 5.30. The number of nitrogens with two attached hydrogens (primary N) is 1. The minimum absolute atomic E-state index is 0.740. The molecule has 0 saturated heterocycles. The first kappa shape index (κ1) is 14.4. The molecule has 0 saturated carbocycles. The van der Waals surface area contributed by atoms with E-state index in [0.717, 1.165) is 29.1 Å². The summed E-state index contributed by atoms with van der Waals surface area (Å²) in [6.45, 7) is 1.92. The van der Waals surface area contributed by atoms with Crippen LogP contribution in [0.4, 0.5) is 0 Å². The van der Waals surface area contributed by atoms with Crippen LogP contribution in [0, 0.1) is 0 Å². The number of benzene rings is 1. The van der Waals surface area contributed by atoms with E-state index >= 15 is 0 Å². The molecule has 0 fully saturated rings. The van der Waals surface area contributed by atoms with E-state index in [9.17, 15) is 0 Å². The van der Waals surface area contributed by atoms with Gasteiger partial charge >= 0.3 is 0 Å². The lowest BCUT2D eigenvalue weighted by molar-refractivity contribution is -0.685. The van der Waals surface area contributed by atoms with E-state index in [0.29, 0.717) is 0 Å². The topological polar surface area (TPSA) is 35.1 Å². The summed E-state index contributed by atoms with van der Waals surface area (Å²) in [7, 11) is 3.30. The van der Waals surface area contributed by atoms with Crippen LogP contribution < -0.4 is 14.8 Å². The summed E-state index contributed by atoms with van der Waals surface area (Å²) < 4.78 is 11.6. The number of thiophene rings is 1. The minimum atomic E-state index is 0.740. The Morgan fingerprint density at radius 2 is 2.05 bits per heavy atom. The molecule has 0 atom stereocenters. The average molecular weight is 343 g/mol. The van der Waals surface area contributed by atoms with Crippen LogP contribution in [0.15, 0.2) is 34.1 Å². The molecule has 0 aliphatic carbocycles. The van der Waals surface area contributed by atoms with E-state index in [-0.39, 0.29) is 0 Å². The van der Waals surface area contributed by atoms with Crippen molar-refractivity contribution in [1.29, 1.82) is 0 Å². The van der Waals surface area contributed by atoms with Crippen molar-refractivity contribution in [2.24, 2.45) is 0 Å². The fourth-order valence-electron chi connectivity index (χ4n) is 1.90. The van der Waals surface area contributed by atoms with Gasteiger partial charge in [0.15, 0.2) is 11.5 Å². The Labute approximate surface area is 125 Å². The van der Waals surface area contributed by atoms with Crippen molar-refractivity contribution in [1.82, 2.24) is 0 Å². The van der Waals surface area contributed by atoms with Gasteiger partial charge in [0.05, 0.1) is 23.6 Å². The molecule has 1 heterocycles. The van der Waals surface area contributed by atoms with Crippen molar-refractivity contribution in [3.63, 3.8) is 0 Å². The summed E-state index contributed by atoms with van der Waals surface area (Å²) in [4.78, 5) is 1.39. The van der Waals surface area contributed by atoms with Crippen molar-refractivity contribution in [2.75, 3.05) is 14.2 Å². The maximum absolute atomic E-state index is 5.34. The first-order chi connectivity index (χ1) is 9.24. The normalized spacial score (nSPS) is 10.5. The molecule has 3 nitrogen and oxygen atoms in total. The van der Waals surface area contributed by atoms with E-state index in [1.807, 2.05) is 6.07 Å². The molecule has 0 unspecified atom stereocenters. The maximum Gasteiger partial charge on any atom is 0.174 e. The number of quaternary nitrogens is 1. The van der Waals surface area contributed by atoms with Gasteiger partial charge in [0.2, 0.25) is 0 Å². The van der Waals surface area contributed by atoms with Crippen LogP contribution in [0.3, 0.4) is 0 Å². The molecule has 0 aliphatic heterocycles. The van der Waals surface area contributed by atoms with Gasteiger partial charge in [0, 0.05) is 5.56 Å². The number of hydrogen-bond acceptors (Lipinski definition) is 3. The second-order valence-corrected chi connectivity index (χ2v) is 5.98. The van der Waals surface area contributed by atoms with Crippen molar-refractivity contribution in [3.05, 3.63) is 44.6 Å². The second kappa shape index (κ2) is 6.93. The minimum Gasteiger partial charge on any atom is -0.493 e. The van der Waals surface area contributed by atoms with Crippen LogP contribution in [0.5, 0.6) is 11.5 Å². The third kappa shape index (κ3) is 3.72. The van der Waals surface area contributed by atoms with Gasteiger partial charge in [0.25, 0.3) is 0 Å². The third-order valence-electron chi connectivity index (χ3n) is 2.80. The molecule has 0 radical (unpaired) electrons. The zero-order valence-electron chi connectivity index (χ0n) is 11.0. The molecule has 2 aromatic rings. The van der Waals surface area contributed by atoms with Gasteiger partial charge in [-0.05, 0) is 39.5 Å². The monoisotopic (exact) mass is 342 g/mol. The molecule has 102 valence electrons. The van der Waals surface area contributed by atoms with Gasteiger partial charge in [0.1, 0.15) is 13.1 Å². The highest BCUT2D eigenvalue weighted by atomic mass is 79.9. The molecule has 0 bridgehead atoms. The van der Waals surface area contributed by atoms with Crippen LogP contribution in [0.25, 0.3) is 0 Å². The molecule has 1 aromatic heterocycles. The molecule has 2 N–H and O–H groups in total. The predicted octanol–water partition coefficient (Wildman–Crippen LogP) is 2.79. The van der Waals surface area contributed by atoms with Gasteiger partial charge in [-0.2, -0.15) is 0 Å². The number of rotatable bonds is 6. The summed E-state index contributed by atoms with van der Waals surface area (Å²) in [5.41, 5.74) is 1.21. The Morgan fingerprint density at radius 1 is 1.21 bits per heavy atom. The zero-order valence-corrected chi connectivity index (χ0v) is 13.4. The van der Waals surface area contributed by atoms with E-state index in [2.05, 4.69) is 44.8 Å². The number of hydrogen-bond donors (Lipinski definition) is 1. The second-order valence-electron chi connectivity index (χ2n) is 4.09. The van der Waals surface area contributed by atoms with Gasteiger partial charge in [-0.15, -0.1) is 11.3 Å². The third-order valence-corrected chi connectivity index (χ3v) is 4.29. The highest BCUT2D eigenvalue weighted by Crippen LogP contribution is 2.35. The maximum atomic E-state index is 5.34. The first-order valence-electron chi connectivity index (χ1n) is 5.99. The lowest BCUT2D eigenvalue weighted by Gasteiger charge is -2.11. The Hall–Kier alpha value is -1.04. The molecule has 5 heteroatoms. The van der Waals surface area contributed by atoms with Crippen molar-refractivity contribution in [2.45, 2.75) is 13.1 Å². The fraction of sp³-hybridized carbons (Fsp3) is 0.286. The number of methoxy groups -OCH3 is 2. The van der Waals surface area contributed by atoms with Gasteiger partial charge in [-0.3, -0.25) is 0 Å². The molecule has 0 amide bonds. The molecular formula is C14H17BrNO2S+. The molecule has 2 rings (SSSR count). The lowest BCUT2D eigenvalue weighted by atomic mass is 10.2. The van der Waals surface area contributed by atoms with Crippen LogP contribution in [0.1, 0.15) is 10.4 Å². The summed E-state index contributed by atoms with van der Waals surface area (Å²) in [5.74, 6) is 1.50. The largest absolute Gasteiger partial charge is 0.493 e. The van der Waals surface area contributed by atoms with Crippen molar-refractivity contribution < 1.29 is 14.8 Å². The van der Waals surface area contributed by atoms with E-state index in [4.69, 9.17) is 9.47 Å². The summed E-state index contributed by atoms with van der Waals surface area (Å²) in [5, 5.41) is 4.38. The highest BCUT2D eigenvalue weighted by Gasteiger charge is 2.11. The van der Waals surface area contributed by atoms with E-state index in [1.165, 1.54) is 10.4 Å². The van der Waals surface area contributed by atoms with Gasteiger partial charge in [-0.1, -0.05) is 6.07 Å². The van der Waals surface area contributed by atoms with Crippen LogP contribution in [0.2, 0.25) is 0 Å². The smallest absolute Gasteiger partial charge is 0.174 e. The Morgan fingerprint density at radius 3 is 2.68 bits per heavy atom. The molecule has 0 aliphatic rings. The van der Waals surface area contributed by atoms with Crippen LogP contribution in [-0.4, -0.2) is 14.2 Å². The zero-order chi connectivity index (χ0) is 13.7. The summed E-state index contributed by atoms with van der Waals surface area (Å²) in [6.07, 6.45) is 0. The number of halogens is 1. The van der Waals surface area contributed by atoms with Gasteiger partial charge < -0.3 is 14.8 Å². The van der Waals surface area contributed by atoms with E-state index < -0.39 is 0 Å². The standard InChI is InChI=1S/C14H16BrNO2S/c1-17-13-7-10(6-12(15)14(13)18-2)8-16-9-11-4-3-5-19-11/h3-7,16H,8-9H2,1-2H3/p+1. The van der Waals surface area contributed by atoms with E-state index in [1.54, 1.807) is 25.6 Å². The Bertz CT molecular complexity index is 528. The van der Waals surface area contributed by atoms with Crippen LogP contribution >= 0.6 is 27.3 Å². The molecule has 1 aromatic carbocycles. The number of ether oxygens (including phenoxy) is 2. The predicted molar refractivity (Wildman–Crippen MR) is 80.9 cm³/mol. The first-order valence-corrected chi connectivity index (χ1v) is 7.66. The molecule has 19 heavy (non-hydrogen) atoms. The molecule has 0 spiro atoms. The van der Waals surface area contributed by atoms with Crippen LogP contribution in [-0.2, 0) is 13.1 Å². The average Bonchev–Trinajstić information content (AvgIpc) is 2.91. The molecular weight excluding hydrogens is 326 g/mol. The highest BCUT2D eigenvalue weighted by molar-refractivity contribution is 9.10. The lowest BCUT2D eigenvalue weighted by Crippen LogP contribution is -2.80. The fourth-order valence-corrected chi connectivity index (χ4v) is 3.25. The summed E-state index contributed by atoms with van der Waals surface area (Å²) in [6, 6.07) is 8.34. The van der Waals surface area contributed by atoms with Gasteiger partial charge in [-0.25, -0.2) is 0 Å². The quantitative estimate of drug-likeness (QED) is 0.875. The van der Waals surface area contributed by atoms with Crippen molar-refractivity contribution >= 4 is 27.3 Å².